The quantitative estimate of drug-likeness (QED) is 0.844. The predicted molar refractivity (Wildman–Crippen MR) is 76.9 cm³/mol. The van der Waals surface area contributed by atoms with Gasteiger partial charge in [-0.2, -0.15) is 0 Å². The largest absolute Gasteiger partial charge is 0.482 e. The molecule has 5 nitrogen and oxygen atoms in total. The molecule has 3 rings (SSSR count). The smallest absolute Gasteiger partial charge is 0.343 e. The average Bonchev–Trinajstić information content (AvgIpc) is 2.99. The van der Waals surface area contributed by atoms with E-state index in [0.717, 1.165) is 0 Å². The number of ether oxygens (including phenoxy) is 2. The molecule has 2 saturated carbocycles. The van der Waals surface area contributed by atoms with Gasteiger partial charge >= 0.3 is 5.97 Å². The first kappa shape index (κ1) is 13.9. The van der Waals surface area contributed by atoms with E-state index in [1.54, 1.807) is 18.2 Å². The third kappa shape index (κ3) is 3.01. The Kier molecular flexibility index (Phi) is 3.82. The van der Waals surface area contributed by atoms with Crippen LogP contribution in [0.4, 0.5) is 5.69 Å². The number of rotatable bonds is 5. The van der Waals surface area contributed by atoms with E-state index in [2.05, 4.69) is 10.1 Å². The van der Waals surface area contributed by atoms with Crippen molar-refractivity contribution in [3.8, 4) is 5.75 Å². The van der Waals surface area contributed by atoms with Gasteiger partial charge in [0.05, 0.1) is 7.11 Å². The summed E-state index contributed by atoms with van der Waals surface area (Å²) in [7, 11) is 1.31. The van der Waals surface area contributed by atoms with Crippen molar-refractivity contribution in [3.05, 3.63) is 24.3 Å². The Morgan fingerprint density at radius 2 is 2.05 bits per heavy atom. The van der Waals surface area contributed by atoms with Crippen molar-refractivity contribution >= 4 is 17.6 Å². The Morgan fingerprint density at radius 3 is 2.76 bits per heavy atom. The molecule has 1 amide bonds. The SMILES string of the molecule is COC(=O)COc1cccc(NC(=O)C2C3CCCC32)c1. The van der Waals surface area contributed by atoms with Gasteiger partial charge in [-0.15, -0.1) is 0 Å². The van der Waals surface area contributed by atoms with Crippen LogP contribution in [0.3, 0.4) is 0 Å². The molecule has 112 valence electrons. The van der Waals surface area contributed by atoms with Crippen LogP contribution in [0.5, 0.6) is 5.75 Å². The maximum Gasteiger partial charge on any atom is 0.343 e. The molecule has 21 heavy (non-hydrogen) atoms. The molecule has 0 bridgehead atoms. The first-order valence-electron chi connectivity index (χ1n) is 7.29. The molecular weight excluding hydrogens is 270 g/mol. The summed E-state index contributed by atoms with van der Waals surface area (Å²) < 4.78 is 9.82. The van der Waals surface area contributed by atoms with Crippen LogP contribution in [0, 0.1) is 17.8 Å². The van der Waals surface area contributed by atoms with E-state index in [0.29, 0.717) is 23.3 Å². The minimum Gasteiger partial charge on any atom is -0.482 e. The predicted octanol–water partition coefficient (Wildman–Crippen LogP) is 2.22. The van der Waals surface area contributed by atoms with Crippen molar-refractivity contribution < 1.29 is 19.1 Å². The third-order valence-electron chi connectivity index (χ3n) is 4.40. The highest BCUT2D eigenvalue weighted by molar-refractivity contribution is 5.95. The number of hydrogen-bond acceptors (Lipinski definition) is 4. The number of methoxy groups -OCH3 is 1. The summed E-state index contributed by atoms with van der Waals surface area (Å²) in [6.07, 6.45) is 3.63. The zero-order chi connectivity index (χ0) is 14.8. The zero-order valence-corrected chi connectivity index (χ0v) is 12.0. The van der Waals surface area contributed by atoms with Crippen molar-refractivity contribution in [1.82, 2.24) is 0 Å². The fourth-order valence-electron chi connectivity index (χ4n) is 3.30. The van der Waals surface area contributed by atoms with Crippen LogP contribution in [0.2, 0.25) is 0 Å². The number of fused-ring (bicyclic) bond motifs is 1. The number of hydrogen-bond donors (Lipinski definition) is 1. The third-order valence-corrected chi connectivity index (χ3v) is 4.40. The molecule has 1 N–H and O–H groups in total. The topological polar surface area (TPSA) is 64.6 Å². The molecule has 0 aliphatic heterocycles. The molecule has 0 aromatic heterocycles. The van der Waals surface area contributed by atoms with E-state index in [1.165, 1.54) is 26.4 Å². The van der Waals surface area contributed by atoms with Crippen LogP contribution in [0.15, 0.2) is 24.3 Å². The van der Waals surface area contributed by atoms with Crippen LogP contribution in [-0.4, -0.2) is 25.6 Å². The molecule has 2 unspecified atom stereocenters. The first-order chi connectivity index (χ1) is 10.2. The van der Waals surface area contributed by atoms with E-state index in [4.69, 9.17) is 4.74 Å². The van der Waals surface area contributed by atoms with E-state index in [9.17, 15) is 9.59 Å². The lowest BCUT2D eigenvalue weighted by Gasteiger charge is -2.09. The number of anilines is 1. The van der Waals surface area contributed by atoms with Crippen molar-refractivity contribution in [1.29, 1.82) is 0 Å². The lowest BCUT2D eigenvalue weighted by molar-refractivity contribution is -0.142. The van der Waals surface area contributed by atoms with Gasteiger partial charge in [0.2, 0.25) is 5.91 Å². The van der Waals surface area contributed by atoms with Crippen LogP contribution in [-0.2, 0) is 14.3 Å². The monoisotopic (exact) mass is 289 g/mol. The second-order valence-corrected chi connectivity index (χ2v) is 5.67. The van der Waals surface area contributed by atoms with E-state index >= 15 is 0 Å². The minimum atomic E-state index is -0.435. The van der Waals surface area contributed by atoms with E-state index in [1.807, 2.05) is 6.07 Å². The zero-order valence-electron chi connectivity index (χ0n) is 12.0. The lowest BCUT2D eigenvalue weighted by atomic mass is 10.1. The minimum absolute atomic E-state index is 0.106. The Morgan fingerprint density at radius 1 is 1.29 bits per heavy atom. The molecular formula is C16H19NO4. The molecule has 2 fully saturated rings. The first-order valence-corrected chi connectivity index (χ1v) is 7.29. The van der Waals surface area contributed by atoms with Crippen molar-refractivity contribution in [3.63, 3.8) is 0 Å². The van der Waals surface area contributed by atoms with Gasteiger partial charge < -0.3 is 14.8 Å². The maximum atomic E-state index is 12.2. The van der Waals surface area contributed by atoms with Crippen LogP contribution in [0.25, 0.3) is 0 Å². The Hall–Kier alpha value is -2.04. The van der Waals surface area contributed by atoms with Crippen molar-refractivity contribution in [2.75, 3.05) is 19.0 Å². The summed E-state index contributed by atoms with van der Waals surface area (Å²) >= 11 is 0. The number of benzene rings is 1. The van der Waals surface area contributed by atoms with Gasteiger partial charge in [0, 0.05) is 17.7 Å². The second-order valence-electron chi connectivity index (χ2n) is 5.67. The Balaban J connectivity index is 1.56. The lowest BCUT2D eigenvalue weighted by Crippen LogP contribution is -2.17. The highest BCUT2D eigenvalue weighted by Gasteiger charge is 2.56. The molecule has 2 aliphatic carbocycles. The molecule has 2 atom stereocenters. The van der Waals surface area contributed by atoms with Crippen molar-refractivity contribution in [2.24, 2.45) is 17.8 Å². The molecule has 1 aromatic rings. The highest BCUT2D eigenvalue weighted by atomic mass is 16.6. The average molecular weight is 289 g/mol. The van der Waals surface area contributed by atoms with Gasteiger partial charge in [-0.3, -0.25) is 4.79 Å². The summed E-state index contributed by atoms with van der Waals surface area (Å²) in [5.74, 6) is 1.60. The molecule has 0 saturated heterocycles. The summed E-state index contributed by atoms with van der Waals surface area (Å²) in [5.41, 5.74) is 0.701. The van der Waals surface area contributed by atoms with Gasteiger partial charge in [0.15, 0.2) is 6.61 Å². The number of carbonyl (C=O) groups excluding carboxylic acids is 2. The van der Waals surface area contributed by atoms with Crippen LogP contribution >= 0.6 is 0 Å². The van der Waals surface area contributed by atoms with Crippen LogP contribution < -0.4 is 10.1 Å². The second kappa shape index (κ2) is 5.76. The van der Waals surface area contributed by atoms with Gasteiger partial charge in [-0.05, 0) is 36.8 Å². The summed E-state index contributed by atoms with van der Waals surface area (Å²) in [4.78, 5) is 23.2. The fraction of sp³-hybridized carbons (Fsp3) is 0.500. The Bertz CT molecular complexity index is 547. The van der Waals surface area contributed by atoms with Gasteiger partial charge in [0.1, 0.15) is 5.75 Å². The van der Waals surface area contributed by atoms with Gasteiger partial charge in [-0.25, -0.2) is 4.79 Å². The normalized spacial score (nSPS) is 25.9. The number of carbonyl (C=O) groups is 2. The summed E-state index contributed by atoms with van der Waals surface area (Å²) in [6.45, 7) is -0.138. The molecule has 0 heterocycles. The highest BCUT2D eigenvalue weighted by Crippen LogP contribution is 2.57. The molecule has 0 spiro atoms. The number of esters is 1. The van der Waals surface area contributed by atoms with E-state index in [-0.39, 0.29) is 18.4 Å². The van der Waals surface area contributed by atoms with Crippen LogP contribution in [0.1, 0.15) is 19.3 Å². The van der Waals surface area contributed by atoms with Crippen molar-refractivity contribution in [2.45, 2.75) is 19.3 Å². The maximum absolute atomic E-state index is 12.2. The molecule has 1 aromatic carbocycles. The Labute approximate surface area is 123 Å². The standard InChI is InChI=1S/C16H19NO4/c1-20-14(18)9-21-11-5-2-4-10(8-11)17-16(19)15-12-6-3-7-13(12)15/h2,4-5,8,12-13,15H,3,6-7,9H2,1H3,(H,17,19). The van der Waals surface area contributed by atoms with E-state index < -0.39 is 5.97 Å². The number of amides is 1. The van der Waals surface area contributed by atoms with Gasteiger partial charge in [-0.1, -0.05) is 12.5 Å². The molecule has 0 radical (unpaired) electrons. The fourth-order valence-corrected chi connectivity index (χ4v) is 3.30. The molecule has 5 heteroatoms. The summed E-state index contributed by atoms with van der Waals surface area (Å²) in [5, 5.41) is 2.94. The number of nitrogens with one attached hydrogen (secondary N) is 1. The van der Waals surface area contributed by atoms with Gasteiger partial charge in [0.25, 0.3) is 0 Å². The molecule has 2 aliphatic rings. The summed E-state index contributed by atoms with van der Waals surface area (Å²) in [6, 6.07) is 7.07.